The number of hydrogen-bond acceptors (Lipinski definition) is 2. The average Bonchev–Trinajstić information content (AvgIpc) is 3.04. The van der Waals surface area contributed by atoms with E-state index in [1.165, 1.54) is 36.8 Å². The average molecular weight is 262 g/mol. The van der Waals surface area contributed by atoms with E-state index >= 15 is 0 Å². The van der Waals surface area contributed by atoms with Crippen LogP contribution in [0.5, 0.6) is 0 Å². The summed E-state index contributed by atoms with van der Waals surface area (Å²) in [7, 11) is 0. The molecule has 104 valence electrons. The SMILES string of the molecule is CC(=CCCOC1=C(C2=CCCC2)CCC1)C(=O)O. The summed E-state index contributed by atoms with van der Waals surface area (Å²) in [6.07, 6.45) is 11.8. The van der Waals surface area contributed by atoms with Gasteiger partial charge in [-0.25, -0.2) is 4.79 Å². The molecule has 0 aromatic rings. The van der Waals surface area contributed by atoms with Gasteiger partial charge >= 0.3 is 5.97 Å². The molecular weight excluding hydrogens is 240 g/mol. The van der Waals surface area contributed by atoms with E-state index in [1.54, 1.807) is 13.0 Å². The van der Waals surface area contributed by atoms with Crippen LogP contribution in [0.25, 0.3) is 0 Å². The van der Waals surface area contributed by atoms with Gasteiger partial charge in [-0.3, -0.25) is 0 Å². The number of ether oxygens (including phenoxy) is 1. The second-order valence-corrected chi connectivity index (χ2v) is 5.21. The Morgan fingerprint density at radius 3 is 2.89 bits per heavy atom. The molecule has 2 rings (SSSR count). The standard InChI is InChI=1S/C16H22O3/c1-12(16(17)18)6-5-11-19-15-10-4-9-14(15)13-7-2-3-8-13/h6-7H,2-5,8-11H2,1H3,(H,17,18). The normalized spacial score (nSPS) is 19.8. The zero-order valence-electron chi connectivity index (χ0n) is 11.6. The number of rotatable bonds is 6. The van der Waals surface area contributed by atoms with Gasteiger partial charge in [0.1, 0.15) is 0 Å². The molecule has 0 aliphatic heterocycles. The number of carboxylic acid groups (broad SMARTS) is 1. The van der Waals surface area contributed by atoms with Crippen molar-refractivity contribution in [2.75, 3.05) is 6.61 Å². The van der Waals surface area contributed by atoms with Crippen molar-refractivity contribution in [3.63, 3.8) is 0 Å². The van der Waals surface area contributed by atoms with Crippen LogP contribution in [0.3, 0.4) is 0 Å². The number of aliphatic carboxylic acids is 1. The third-order valence-electron chi connectivity index (χ3n) is 3.78. The molecule has 0 aromatic carbocycles. The quantitative estimate of drug-likeness (QED) is 0.582. The van der Waals surface area contributed by atoms with Crippen LogP contribution >= 0.6 is 0 Å². The molecule has 0 heterocycles. The molecule has 1 N–H and O–H groups in total. The molecule has 0 spiro atoms. The highest BCUT2D eigenvalue weighted by atomic mass is 16.5. The summed E-state index contributed by atoms with van der Waals surface area (Å²) in [5.41, 5.74) is 3.31. The van der Waals surface area contributed by atoms with Crippen LogP contribution in [-0.2, 0) is 9.53 Å². The van der Waals surface area contributed by atoms with E-state index in [1.807, 2.05) is 0 Å². The lowest BCUT2D eigenvalue weighted by molar-refractivity contribution is -0.132. The lowest BCUT2D eigenvalue weighted by Gasteiger charge is -2.10. The Morgan fingerprint density at radius 1 is 1.37 bits per heavy atom. The van der Waals surface area contributed by atoms with E-state index in [-0.39, 0.29) is 0 Å². The first-order valence-corrected chi connectivity index (χ1v) is 7.13. The number of carboxylic acids is 1. The fourth-order valence-corrected chi connectivity index (χ4v) is 2.70. The molecule has 0 aromatic heterocycles. The molecule has 0 unspecified atom stereocenters. The van der Waals surface area contributed by atoms with Gasteiger partial charge in [-0.15, -0.1) is 0 Å². The van der Waals surface area contributed by atoms with Gasteiger partial charge in [0, 0.05) is 18.4 Å². The van der Waals surface area contributed by atoms with Crippen molar-refractivity contribution >= 4 is 5.97 Å². The van der Waals surface area contributed by atoms with Gasteiger partial charge in [-0.2, -0.15) is 0 Å². The van der Waals surface area contributed by atoms with Crippen LogP contribution in [0, 0.1) is 0 Å². The first kappa shape index (κ1) is 13.9. The summed E-state index contributed by atoms with van der Waals surface area (Å²) in [6, 6.07) is 0. The van der Waals surface area contributed by atoms with Crippen LogP contribution in [0.15, 0.2) is 34.6 Å². The number of allylic oxidation sites excluding steroid dienone is 4. The minimum absolute atomic E-state index is 0.391. The van der Waals surface area contributed by atoms with Gasteiger partial charge in [0.15, 0.2) is 0 Å². The molecule has 0 fully saturated rings. The van der Waals surface area contributed by atoms with Crippen molar-refractivity contribution in [3.05, 3.63) is 34.6 Å². The maximum Gasteiger partial charge on any atom is 0.330 e. The van der Waals surface area contributed by atoms with Crippen LogP contribution in [0.2, 0.25) is 0 Å². The molecule has 3 heteroatoms. The van der Waals surface area contributed by atoms with Crippen molar-refractivity contribution in [1.82, 2.24) is 0 Å². The smallest absolute Gasteiger partial charge is 0.330 e. The monoisotopic (exact) mass is 262 g/mol. The largest absolute Gasteiger partial charge is 0.497 e. The van der Waals surface area contributed by atoms with Gasteiger partial charge in [-0.1, -0.05) is 12.2 Å². The number of carbonyl (C=O) groups is 1. The molecule has 19 heavy (non-hydrogen) atoms. The first-order chi connectivity index (χ1) is 9.18. The summed E-state index contributed by atoms with van der Waals surface area (Å²) in [5, 5.41) is 8.75. The summed E-state index contributed by atoms with van der Waals surface area (Å²) in [6.45, 7) is 2.20. The molecule has 0 amide bonds. The second-order valence-electron chi connectivity index (χ2n) is 5.21. The van der Waals surface area contributed by atoms with Crippen molar-refractivity contribution in [2.45, 2.75) is 51.9 Å². The molecule has 0 atom stereocenters. The first-order valence-electron chi connectivity index (χ1n) is 7.13. The lowest BCUT2D eigenvalue weighted by Crippen LogP contribution is -1.99. The number of hydrogen-bond donors (Lipinski definition) is 1. The molecule has 0 saturated carbocycles. The Bertz CT molecular complexity index is 441. The predicted octanol–water partition coefficient (Wildman–Crippen LogP) is 3.97. The van der Waals surface area contributed by atoms with Gasteiger partial charge in [0.25, 0.3) is 0 Å². The zero-order chi connectivity index (χ0) is 13.7. The molecule has 0 radical (unpaired) electrons. The molecule has 0 bridgehead atoms. The van der Waals surface area contributed by atoms with E-state index < -0.39 is 5.97 Å². The third-order valence-corrected chi connectivity index (χ3v) is 3.78. The highest BCUT2D eigenvalue weighted by molar-refractivity contribution is 5.85. The highest BCUT2D eigenvalue weighted by Gasteiger charge is 2.20. The maximum atomic E-state index is 10.6. The minimum Gasteiger partial charge on any atom is -0.497 e. The summed E-state index contributed by atoms with van der Waals surface area (Å²) >= 11 is 0. The fourth-order valence-electron chi connectivity index (χ4n) is 2.70. The topological polar surface area (TPSA) is 46.5 Å². The van der Waals surface area contributed by atoms with E-state index in [4.69, 9.17) is 9.84 Å². The van der Waals surface area contributed by atoms with Crippen molar-refractivity contribution in [3.8, 4) is 0 Å². The van der Waals surface area contributed by atoms with Crippen molar-refractivity contribution in [2.24, 2.45) is 0 Å². The Kier molecular flexibility index (Phi) is 4.83. The van der Waals surface area contributed by atoms with Gasteiger partial charge < -0.3 is 9.84 Å². The molecule has 0 saturated heterocycles. The van der Waals surface area contributed by atoms with Crippen LogP contribution in [0.4, 0.5) is 0 Å². The maximum absolute atomic E-state index is 10.6. The Hall–Kier alpha value is -1.51. The minimum atomic E-state index is -0.850. The van der Waals surface area contributed by atoms with E-state index in [0.717, 1.165) is 18.6 Å². The molecule has 3 nitrogen and oxygen atoms in total. The van der Waals surface area contributed by atoms with Crippen molar-refractivity contribution < 1.29 is 14.6 Å². The van der Waals surface area contributed by atoms with E-state index in [0.29, 0.717) is 18.6 Å². The summed E-state index contributed by atoms with van der Waals surface area (Å²) < 4.78 is 5.86. The third kappa shape index (κ3) is 3.72. The predicted molar refractivity (Wildman–Crippen MR) is 74.8 cm³/mol. The van der Waals surface area contributed by atoms with Gasteiger partial charge in [0.2, 0.25) is 0 Å². The zero-order valence-corrected chi connectivity index (χ0v) is 11.6. The van der Waals surface area contributed by atoms with E-state index in [9.17, 15) is 4.79 Å². The highest BCUT2D eigenvalue weighted by Crippen LogP contribution is 2.36. The van der Waals surface area contributed by atoms with E-state index in [2.05, 4.69) is 6.08 Å². The summed E-state index contributed by atoms with van der Waals surface area (Å²) in [4.78, 5) is 10.6. The van der Waals surface area contributed by atoms with Gasteiger partial charge in [0.05, 0.1) is 12.4 Å². The Morgan fingerprint density at radius 2 is 2.21 bits per heavy atom. The second kappa shape index (κ2) is 6.60. The van der Waals surface area contributed by atoms with Gasteiger partial charge in [-0.05, 0) is 50.2 Å². The van der Waals surface area contributed by atoms with Crippen molar-refractivity contribution in [1.29, 1.82) is 0 Å². The Labute approximate surface area is 114 Å². The summed E-state index contributed by atoms with van der Waals surface area (Å²) in [5.74, 6) is 0.298. The lowest BCUT2D eigenvalue weighted by atomic mass is 10.1. The van der Waals surface area contributed by atoms with Crippen LogP contribution in [-0.4, -0.2) is 17.7 Å². The molecule has 2 aliphatic rings. The molecular formula is C16H22O3. The Balaban J connectivity index is 1.86. The fraction of sp³-hybridized carbons (Fsp3) is 0.562. The van der Waals surface area contributed by atoms with Crippen LogP contribution < -0.4 is 0 Å². The van der Waals surface area contributed by atoms with Crippen LogP contribution in [0.1, 0.15) is 51.9 Å². The molecule has 2 aliphatic carbocycles.